The fourth-order valence-electron chi connectivity index (χ4n) is 3.99. The Bertz CT molecular complexity index is 1230. The Balaban J connectivity index is 1.49. The molecule has 0 N–H and O–H groups in total. The Kier molecular flexibility index (Phi) is 6.06. The van der Waals surface area contributed by atoms with Crippen LogP contribution in [0.15, 0.2) is 42.5 Å². The first-order valence-electron chi connectivity index (χ1n) is 10.9. The van der Waals surface area contributed by atoms with Crippen molar-refractivity contribution in [1.29, 1.82) is 0 Å². The number of hydrogen-bond acceptors (Lipinski definition) is 6. The number of carbonyl (C=O) groups is 1. The molecule has 176 valence electrons. The summed E-state index contributed by atoms with van der Waals surface area (Å²) in [4.78, 5) is 25.8. The second-order valence-electron chi connectivity index (χ2n) is 8.02. The van der Waals surface area contributed by atoms with Gasteiger partial charge in [0, 0.05) is 37.7 Å². The van der Waals surface area contributed by atoms with E-state index in [0.717, 1.165) is 12.1 Å². The molecule has 0 bridgehead atoms. The molecular weight excluding hydrogens is 449 g/mol. The Labute approximate surface area is 193 Å². The van der Waals surface area contributed by atoms with E-state index in [9.17, 15) is 18.0 Å². The van der Waals surface area contributed by atoms with Gasteiger partial charge >= 0.3 is 0 Å². The minimum Gasteiger partial charge on any atom is -0.438 e. The number of nitrogens with zero attached hydrogens (tertiary/aromatic N) is 4. The minimum atomic E-state index is -1.04. The van der Waals surface area contributed by atoms with Crippen molar-refractivity contribution in [2.45, 2.75) is 13.0 Å². The molecule has 0 atom stereocenters. The molecule has 3 aromatic rings. The third kappa shape index (κ3) is 4.54. The summed E-state index contributed by atoms with van der Waals surface area (Å²) in [6.45, 7) is 2.80. The van der Waals surface area contributed by atoms with E-state index in [4.69, 9.17) is 14.5 Å². The SMILES string of the molecule is O=C(c1cccc(F)c1)N1CCc2nc(N3CCOCC3)nc(Oc3ccc(F)c(F)c3)c2C1. The standard InChI is InChI=1S/C24H21F3N4O3/c25-16-3-1-2-15(12-16)23(32)31-7-6-21-18(14-31)22(34-17-4-5-19(26)20(27)13-17)29-24(28-21)30-8-10-33-11-9-30/h1-5,12-13H,6-11,14H2. The van der Waals surface area contributed by atoms with E-state index in [1.807, 2.05) is 4.90 Å². The molecule has 2 aromatic carbocycles. The number of fused-ring (bicyclic) bond motifs is 1. The van der Waals surface area contributed by atoms with Gasteiger partial charge in [0.25, 0.3) is 5.91 Å². The summed E-state index contributed by atoms with van der Waals surface area (Å²) >= 11 is 0. The van der Waals surface area contributed by atoms with Gasteiger partial charge in [-0.05, 0) is 30.3 Å². The molecule has 1 fully saturated rings. The van der Waals surface area contributed by atoms with Crippen LogP contribution < -0.4 is 9.64 Å². The number of morpholine rings is 1. The summed E-state index contributed by atoms with van der Waals surface area (Å²) in [7, 11) is 0. The topological polar surface area (TPSA) is 67.8 Å². The van der Waals surface area contributed by atoms with E-state index in [0.29, 0.717) is 56.5 Å². The molecule has 1 amide bonds. The lowest BCUT2D eigenvalue weighted by molar-refractivity contribution is 0.0731. The molecule has 5 rings (SSSR count). The third-order valence-corrected chi connectivity index (χ3v) is 5.77. The Morgan fingerprint density at radius 2 is 1.79 bits per heavy atom. The van der Waals surface area contributed by atoms with E-state index in [-0.39, 0.29) is 29.6 Å². The summed E-state index contributed by atoms with van der Waals surface area (Å²) in [5, 5.41) is 0. The maximum Gasteiger partial charge on any atom is 0.254 e. The number of carbonyl (C=O) groups excluding carboxylic acids is 1. The van der Waals surface area contributed by atoms with Crippen molar-refractivity contribution >= 4 is 11.9 Å². The molecule has 0 aliphatic carbocycles. The maximum absolute atomic E-state index is 13.8. The number of hydrogen-bond donors (Lipinski definition) is 0. The summed E-state index contributed by atoms with van der Waals surface area (Å²) in [6.07, 6.45) is 0.435. The molecule has 7 nitrogen and oxygen atoms in total. The number of benzene rings is 2. The van der Waals surface area contributed by atoms with Crippen molar-refractivity contribution < 1.29 is 27.4 Å². The van der Waals surface area contributed by atoms with Crippen molar-refractivity contribution in [2.75, 3.05) is 37.7 Å². The van der Waals surface area contributed by atoms with Gasteiger partial charge in [0.2, 0.25) is 11.8 Å². The predicted molar refractivity (Wildman–Crippen MR) is 116 cm³/mol. The van der Waals surface area contributed by atoms with Gasteiger partial charge in [0.15, 0.2) is 11.6 Å². The van der Waals surface area contributed by atoms with Crippen LogP contribution >= 0.6 is 0 Å². The molecule has 34 heavy (non-hydrogen) atoms. The number of aromatic nitrogens is 2. The highest BCUT2D eigenvalue weighted by atomic mass is 19.2. The van der Waals surface area contributed by atoms with Gasteiger partial charge in [-0.25, -0.2) is 18.2 Å². The zero-order chi connectivity index (χ0) is 23.7. The van der Waals surface area contributed by atoms with E-state index < -0.39 is 17.5 Å². The predicted octanol–water partition coefficient (Wildman–Crippen LogP) is 3.72. The van der Waals surface area contributed by atoms with Crippen LogP contribution in [0.3, 0.4) is 0 Å². The number of amides is 1. The highest BCUT2D eigenvalue weighted by molar-refractivity contribution is 5.94. The zero-order valence-corrected chi connectivity index (χ0v) is 18.1. The molecular formula is C24H21F3N4O3. The summed E-state index contributed by atoms with van der Waals surface area (Å²) < 4.78 is 52.1. The largest absolute Gasteiger partial charge is 0.438 e. The first kappa shape index (κ1) is 22.1. The molecule has 0 radical (unpaired) electrons. The van der Waals surface area contributed by atoms with Crippen LogP contribution in [0.4, 0.5) is 19.1 Å². The molecule has 3 heterocycles. The fourth-order valence-corrected chi connectivity index (χ4v) is 3.99. The monoisotopic (exact) mass is 470 g/mol. The second-order valence-corrected chi connectivity index (χ2v) is 8.02. The molecule has 2 aliphatic heterocycles. The van der Waals surface area contributed by atoms with Gasteiger partial charge in [0.05, 0.1) is 31.0 Å². The highest BCUT2D eigenvalue weighted by Crippen LogP contribution is 2.32. The zero-order valence-electron chi connectivity index (χ0n) is 18.1. The van der Waals surface area contributed by atoms with Crippen molar-refractivity contribution in [3.63, 3.8) is 0 Å². The van der Waals surface area contributed by atoms with Crippen molar-refractivity contribution in [1.82, 2.24) is 14.9 Å². The van der Waals surface area contributed by atoms with E-state index in [1.165, 1.54) is 24.3 Å². The molecule has 2 aliphatic rings. The molecule has 10 heteroatoms. The van der Waals surface area contributed by atoms with Gasteiger partial charge < -0.3 is 19.3 Å². The van der Waals surface area contributed by atoms with Gasteiger partial charge in [0.1, 0.15) is 11.6 Å². The number of ether oxygens (including phenoxy) is 2. The van der Waals surface area contributed by atoms with Crippen LogP contribution in [-0.4, -0.2) is 53.6 Å². The minimum absolute atomic E-state index is 0.0707. The first-order chi connectivity index (χ1) is 16.5. The normalized spacial score (nSPS) is 15.7. The maximum atomic E-state index is 13.8. The smallest absolute Gasteiger partial charge is 0.254 e. The first-order valence-corrected chi connectivity index (χ1v) is 10.9. The second kappa shape index (κ2) is 9.30. The molecule has 1 aromatic heterocycles. The number of anilines is 1. The Morgan fingerprint density at radius 3 is 2.56 bits per heavy atom. The summed E-state index contributed by atoms with van der Waals surface area (Å²) in [5.74, 6) is -2.18. The average Bonchev–Trinajstić information content (AvgIpc) is 2.86. The molecule has 0 saturated carbocycles. The van der Waals surface area contributed by atoms with Crippen molar-refractivity contribution in [3.05, 3.63) is 76.7 Å². The van der Waals surface area contributed by atoms with Gasteiger partial charge in [-0.1, -0.05) is 6.07 Å². The fraction of sp³-hybridized carbons (Fsp3) is 0.292. The third-order valence-electron chi connectivity index (χ3n) is 5.77. The van der Waals surface area contributed by atoms with Crippen molar-refractivity contribution in [3.8, 4) is 11.6 Å². The quantitative estimate of drug-likeness (QED) is 0.579. The summed E-state index contributed by atoms with van der Waals surface area (Å²) in [6, 6.07) is 8.72. The van der Waals surface area contributed by atoms with Gasteiger partial charge in [-0.3, -0.25) is 4.79 Å². The lowest BCUT2D eigenvalue weighted by Crippen LogP contribution is -2.39. The van der Waals surface area contributed by atoms with Gasteiger partial charge in [-0.15, -0.1) is 0 Å². The van der Waals surface area contributed by atoms with Crippen LogP contribution in [0.25, 0.3) is 0 Å². The van der Waals surface area contributed by atoms with E-state index >= 15 is 0 Å². The molecule has 0 spiro atoms. The van der Waals surface area contributed by atoms with Crippen LogP contribution in [0.2, 0.25) is 0 Å². The lowest BCUT2D eigenvalue weighted by Gasteiger charge is -2.32. The lowest BCUT2D eigenvalue weighted by atomic mass is 10.0. The number of halogens is 3. The van der Waals surface area contributed by atoms with Crippen LogP contribution in [-0.2, 0) is 17.7 Å². The van der Waals surface area contributed by atoms with Crippen LogP contribution in [0, 0.1) is 17.5 Å². The Morgan fingerprint density at radius 1 is 0.971 bits per heavy atom. The van der Waals surface area contributed by atoms with E-state index in [2.05, 4.69) is 4.98 Å². The van der Waals surface area contributed by atoms with E-state index in [1.54, 1.807) is 11.0 Å². The summed E-state index contributed by atoms with van der Waals surface area (Å²) in [5.41, 5.74) is 1.51. The molecule has 0 unspecified atom stereocenters. The van der Waals surface area contributed by atoms with Crippen molar-refractivity contribution in [2.24, 2.45) is 0 Å². The molecule has 1 saturated heterocycles. The highest BCUT2D eigenvalue weighted by Gasteiger charge is 2.29. The average molecular weight is 470 g/mol. The Hall–Kier alpha value is -3.66. The van der Waals surface area contributed by atoms with Crippen LogP contribution in [0.5, 0.6) is 11.6 Å². The van der Waals surface area contributed by atoms with Crippen LogP contribution in [0.1, 0.15) is 21.6 Å². The van der Waals surface area contributed by atoms with Gasteiger partial charge in [-0.2, -0.15) is 4.98 Å². The number of rotatable bonds is 4.